The molecule has 1 saturated heterocycles. The van der Waals surface area contributed by atoms with Crippen molar-refractivity contribution in [3.8, 4) is 5.75 Å². The number of ether oxygens (including phenoxy) is 2. The average Bonchev–Trinajstić information content (AvgIpc) is 2.56. The van der Waals surface area contributed by atoms with Crippen molar-refractivity contribution in [3.63, 3.8) is 0 Å². The minimum absolute atomic E-state index is 0.0227. The third-order valence-corrected chi connectivity index (χ3v) is 3.96. The van der Waals surface area contributed by atoms with Gasteiger partial charge >= 0.3 is 0 Å². The molecule has 1 aromatic carbocycles. The Hall–Kier alpha value is -1.85. The van der Waals surface area contributed by atoms with Crippen molar-refractivity contribution in [1.82, 2.24) is 10.2 Å². The average molecular weight is 346 g/mol. The first-order valence-electron chi connectivity index (χ1n) is 9.03. The van der Waals surface area contributed by atoms with Gasteiger partial charge in [0.1, 0.15) is 5.75 Å². The van der Waals surface area contributed by atoms with Gasteiger partial charge in [-0.1, -0.05) is 17.7 Å². The quantitative estimate of drug-likeness (QED) is 0.735. The largest absolute Gasteiger partial charge is 0.491 e. The maximum absolute atomic E-state index is 12.0. The molecule has 0 bridgehead atoms. The predicted molar refractivity (Wildman–Crippen MR) is 99.9 cm³/mol. The fourth-order valence-electron chi connectivity index (χ4n) is 2.77. The Balaban J connectivity index is 1.69. The van der Waals surface area contributed by atoms with Crippen LogP contribution in [-0.4, -0.2) is 56.3 Å². The van der Waals surface area contributed by atoms with E-state index in [1.165, 1.54) is 5.56 Å². The van der Waals surface area contributed by atoms with E-state index in [-0.39, 0.29) is 12.0 Å². The Morgan fingerprint density at radius 1 is 1.28 bits per heavy atom. The summed E-state index contributed by atoms with van der Waals surface area (Å²) in [4.78, 5) is 14.3. The van der Waals surface area contributed by atoms with E-state index in [9.17, 15) is 4.79 Å². The molecule has 1 aromatic rings. The summed E-state index contributed by atoms with van der Waals surface area (Å²) >= 11 is 0. The number of carbonyl (C=O) groups is 1. The molecule has 0 saturated carbocycles. The fraction of sp³-hybridized carbons (Fsp3) is 0.550. The molecule has 0 aromatic heterocycles. The van der Waals surface area contributed by atoms with Crippen molar-refractivity contribution >= 4 is 5.91 Å². The molecule has 1 aliphatic rings. The van der Waals surface area contributed by atoms with Crippen LogP contribution >= 0.6 is 0 Å². The highest BCUT2D eigenvalue weighted by Gasteiger charge is 2.10. The Labute approximate surface area is 151 Å². The van der Waals surface area contributed by atoms with E-state index < -0.39 is 0 Å². The van der Waals surface area contributed by atoms with Gasteiger partial charge in [-0.15, -0.1) is 0 Å². The van der Waals surface area contributed by atoms with Crippen molar-refractivity contribution in [2.45, 2.75) is 33.3 Å². The van der Waals surface area contributed by atoms with Crippen molar-refractivity contribution < 1.29 is 14.3 Å². The van der Waals surface area contributed by atoms with Gasteiger partial charge in [-0.25, -0.2) is 0 Å². The summed E-state index contributed by atoms with van der Waals surface area (Å²) in [6.07, 6.45) is 2.69. The highest BCUT2D eigenvalue weighted by atomic mass is 16.5. The molecule has 138 valence electrons. The zero-order valence-corrected chi connectivity index (χ0v) is 15.6. The molecule has 0 unspecified atom stereocenters. The van der Waals surface area contributed by atoms with Crippen LogP contribution in [0, 0.1) is 0 Å². The van der Waals surface area contributed by atoms with Crippen LogP contribution in [0.25, 0.3) is 0 Å². The Morgan fingerprint density at radius 3 is 2.60 bits per heavy atom. The maximum Gasteiger partial charge on any atom is 0.243 e. The molecule has 2 rings (SSSR count). The minimum Gasteiger partial charge on any atom is -0.491 e. The molecule has 1 aliphatic heterocycles. The van der Waals surface area contributed by atoms with Gasteiger partial charge in [0, 0.05) is 32.3 Å². The fourth-order valence-corrected chi connectivity index (χ4v) is 2.77. The first-order chi connectivity index (χ1) is 12.0. The second kappa shape index (κ2) is 10.2. The number of nitrogens with zero attached hydrogens (tertiary/aromatic N) is 1. The predicted octanol–water partition coefficient (Wildman–Crippen LogP) is 2.41. The Kier molecular flexibility index (Phi) is 7.95. The lowest BCUT2D eigenvalue weighted by atomic mass is 10.1. The number of rotatable bonds is 8. The number of amides is 1. The van der Waals surface area contributed by atoms with E-state index in [2.05, 4.69) is 10.2 Å². The number of hydrogen-bond acceptors (Lipinski definition) is 4. The second-order valence-electron chi connectivity index (χ2n) is 6.73. The van der Waals surface area contributed by atoms with E-state index in [0.29, 0.717) is 6.54 Å². The molecular formula is C20H30N2O3. The molecule has 1 amide bonds. The summed E-state index contributed by atoms with van der Waals surface area (Å²) in [6, 6.07) is 8.04. The van der Waals surface area contributed by atoms with Crippen LogP contribution in [0.3, 0.4) is 0 Å². The number of nitrogens with one attached hydrogen (secondary N) is 1. The van der Waals surface area contributed by atoms with E-state index in [4.69, 9.17) is 9.47 Å². The van der Waals surface area contributed by atoms with Crippen molar-refractivity contribution in [2.75, 3.05) is 39.4 Å². The number of hydrogen-bond donors (Lipinski definition) is 1. The lowest BCUT2D eigenvalue weighted by Crippen LogP contribution is -2.37. The SMILES string of the molecule is CC(=CC(=O)NCCc1ccc(OC(C)C)cc1)CN1CCOCC1. The van der Waals surface area contributed by atoms with E-state index in [0.717, 1.165) is 50.6 Å². The van der Waals surface area contributed by atoms with Crippen LogP contribution < -0.4 is 10.1 Å². The Bertz CT molecular complexity index is 561. The zero-order chi connectivity index (χ0) is 18.1. The topological polar surface area (TPSA) is 50.8 Å². The highest BCUT2D eigenvalue weighted by Crippen LogP contribution is 2.14. The molecular weight excluding hydrogens is 316 g/mol. The van der Waals surface area contributed by atoms with Gasteiger partial charge in [0.05, 0.1) is 19.3 Å². The van der Waals surface area contributed by atoms with E-state index >= 15 is 0 Å². The van der Waals surface area contributed by atoms with E-state index in [1.807, 2.05) is 45.0 Å². The third kappa shape index (κ3) is 7.71. The summed E-state index contributed by atoms with van der Waals surface area (Å²) in [5.41, 5.74) is 2.26. The third-order valence-electron chi connectivity index (χ3n) is 3.96. The van der Waals surface area contributed by atoms with E-state index in [1.54, 1.807) is 6.08 Å². The van der Waals surface area contributed by atoms with Crippen LogP contribution in [0.5, 0.6) is 5.75 Å². The molecule has 0 radical (unpaired) electrons. The zero-order valence-electron chi connectivity index (χ0n) is 15.6. The van der Waals surface area contributed by atoms with Gasteiger partial charge in [0.25, 0.3) is 0 Å². The molecule has 25 heavy (non-hydrogen) atoms. The van der Waals surface area contributed by atoms with Gasteiger partial charge < -0.3 is 14.8 Å². The number of morpholine rings is 1. The Morgan fingerprint density at radius 2 is 1.96 bits per heavy atom. The highest BCUT2D eigenvalue weighted by molar-refractivity contribution is 5.88. The molecule has 1 N–H and O–H groups in total. The van der Waals surface area contributed by atoms with Crippen LogP contribution in [-0.2, 0) is 16.0 Å². The van der Waals surface area contributed by atoms with Crippen molar-refractivity contribution in [3.05, 3.63) is 41.5 Å². The number of benzene rings is 1. The van der Waals surface area contributed by atoms with Crippen LogP contribution in [0.15, 0.2) is 35.9 Å². The molecule has 1 fully saturated rings. The monoisotopic (exact) mass is 346 g/mol. The molecule has 1 heterocycles. The second-order valence-corrected chi connectivity index (χ2v) is 6.73. The van der Waals surface area contributed by atoms with Gasteiger partial charge in [-0.05, 0) is 44.9 Å². The summed E-state index contributed by atoms with van der Waals surface area (Å²) < 4.78 is 11.0. The van der Waals surface area contributed by atoms with Gasteiger partial charge in [0.2, 0.25) is 5.91 Å². The normalized spacial score (nSPS) is 16.1. The van der Waals surface area contributed by atoms with Crippen LogP contribution in [0.2, 0.25) is 0 Å². The van der Waals surface area contributed by atoms with Gasteiger partial charge in [-0.2, -0.15) is 0 Å². The van der Waals surface area contributed by atoms with Gasteiger partial charge in [-0.3, -0.25) is 9.69 Å². The first-order valence-corrected chi connectivity index (χ1v) is 9.03. The lowest BCUT2D eigenvalue weighted by Gasteiger charge is -2.26. The maximum atomic E-state index is 12.0. The van der Waals surface area contributed by atoms with Crippen molar-refractivity contribution in [2.24, 2.45) is 0 Å². The standard InChI is InChI=1S/C20H30N2O3/c1-16(2)25-19-6-4-18(5-7-19)8-9-21-20(23)14-17(3)15-22-10-12-24-13-11-22/h4-7,14,16H,8-13,15H2,1-3H3,(H,21,23). The number of carbonyl (C=O) groups excluding carboxylic acids is 1. The molecule has 0 spiro atoms. The van der Waals surface area contributed by atoms with Crippen molar-refractivity contribution in [1.29, 1.82) is 0 Å². The lowest BCUT2D eigenvalue weighted by molar-refractivity contribution is -0.116. The summed E-state index contributed by atoms with van der Waals surface area (Å²) in [6.45, 7) is 10.9. The van der Waals surface area contributed by atoms with Crippen LogP contribution in [0.1, 0.15) is 26.3 Å². The molecule has 5 nitrogen and oxygen atoms in total. The molecule has 5 heteroatoms. The van der Waals surface area contributed by atoms with Gasteiger partial charge in [0.15, 0.2) is 0 Å². The summed E-state index contributed by atoms with van der Waals surface area (Å²) in [5.74, 6) is 0.856. The first kappa shape index (κ1) is 19.5. The minimum atomic E-state index is -0.0227. The van der Waals surface area contributed by atoms with Crippen LogP contribution in [0.4, 0.5) is 0 Å². The molecule has 0 aliphatic carbocycles. The smallest absolute Gasteiger partial charge is 0.243 e. The summed E-state index contributed by atoms with van der Waals surface area (Å²) in [7, 11) is 0. The summed E-state index contributed by atoms with van der Waals surface area (Å²) in [5, 5.41) is 2.96. The molecule has 0 atom stereocenters.